The topological polar surface area (TPSA) is 98.6 Å². The third-order valence-corrected chi connectivity index (χ3v) is 4.79. The molecule has 2 aliphatic heterocycles. The van der Waals surface area contributed by atoms with Gasteiger partial charge in [-0.15, -0.1) is 0 Å². The lowest BCUT2D eigenvalue weighted by atomic mass is 9.88. The lowest BCUT2D eigenvalue weighted by Crippen LogP contribution is -2.37. The maximum atomic E-state index is 12.2. The molecule has 2 aliphatic rings. The van der Waals surface area contributed by atoms with Crippen LogP contribution in [0.3, 0.4) is 0 Å². The average molecular weight is 399 g/mol. The van der Waals surface area contributed by atoms with Crippen LogP contribution >= 0.6 is 0 Å². The number of nitrogens with zero attached hydrogens (tertiary/aromatic N) is 2. The highest BCUT2D eigenvalue weighted by Crippen LogP contribution is 2.35. The fraction of sp³-hybridized carbons (Fsp3) is 0.429. The number of carbonyl (C=O) groups excluding carboxylic acids is 2. The molecule has 1 aromatic rings. The molecule has 1 N–H and O–H groups in total. The summed E-state index contributed by atoms with van der Waals surface area (Å²) in [6.07, 6.45) is 2.02. The molecule has 0 saturated heterocycles. The fourth-order valence-electron chi connectivity index (χ4n) is 3.47. The zero-order valence-corrected chi connectivity index (χ0v) is 17.5. The molecule has 2 heterocycles. The zero-order valence-electron chi connectivity index (χ0n) is 17.5. The largest absolute Gasteiger partial charge is 0.493 e. The van der Waals surface area contributed by atoms with Crippen molar-refractivity contribution in [3.8, 4) is 11.5 Å². The monoisotopic (exact) mass is 399 g/mol. The number of ether oxygens (including phenoxy) is 3. The van der Waals surface area contributed by atoms with E-state index in [0.29, 0.717) is 29.5 Å². The van der Waals surface area contributed by atoms with E-state index < -0.39 is 11.9 Å². The van der Waals surface area contributed by atoms with Crippen LogP contribution in [0.15, 0.2) is 34.1 Å². The van der Waals surface area contributed by atoms with Gasteiger partial charge in [0.15, 0.2) is 23.2 Å². The van der Waals surface area contributed by atoms with E-state index in [4.69, 9.17) is 19.2 Å². The number of amidine groups is 1. The molecule has 1 aromatic carbocycles. The van der Waals surface area contributed by atoms with Crippen molar-refractivity contribution in [2.75, 3.05) is 14.2 Å². The van der Waals surface area contributed by atoms with Crippen molar-refractivity contribution in [3.05, 3.63) is 35.1 Å². The van der Waals surface area contributed by atoms with Gasteiger partial charge in [0.2, 0.25) is 0 Å². The van der Waals surface area contributed by atoms with Gasteiger partial charge >= 0.3 is 5.97 Å². The lowest BCUT2D eigenvalue weighted by molar-refractivity contribution is -0.146. The first-order valence-electron chi connectivity index (χ1n) is 9.24. The van der Waals surface area contributed by atoms with Gasteiger partial charge in [-0.05, 0) is 51.8 Å². The molecule has 8 nitrogen and oxygen atoms in total. The summed E-state index contributed by atoms with van der Waals surface area (Å²) in [6.45, 7) is 7.20. The van der Waals surface area contributed by atoms with Gasteiger partial charge in [-0.3, -0.25) is 20.0 Å². The van der Waals surface area contributed by atoms with E-state index in [2.05, 4.69) is 10.5 Å². The first-order valence-corrected chi connectivity index (χ1v) is 9.24. The minimum absolute atomic E-state index is 0.283. The van der Waals surface area contributed by atoms with Crippen LogP contribution in [0.5, 0.6) is 11.5 Å². The first kappa shape index (κ1) is 20.6. The van der Waals surface area contributed by atoms with Gasteiger partial charge in [-0.1, -0.05) is 0 Å². The molecule has 0 saturated carbocycles. The summed E-state index contributed by atoms with van der Waals surface area (Å²) in [4.78, 5) is 29.1. The van der Waals surface area contributed by atoms with E-state index in [0.717, 1.165) is 11.1 Å². The third kappa shape index (κ3) is 4.16. The van der Waals surface area contributed by atoms with Crippen LogP contribution in [-0.4, -0.2) is 43.1 Å². The molecule has 154 valence electrons. The minimum Gasteiger partial charge on any atom is -0.493 e. The van der Waals surface area contributed by atoms with Gasteiger partial charge in [0.25, 0.3) is 0 Å². The predicted molar refractivity (Wildman–Crippen MR) is 108 cm³/mol. The Kier molecular flexibility index (Phi) is 5.46. The number of ketones is 1. The number of rotatable bonds is 4. The Balaban J connectivity index is 1.94. The number of aliphatic imine (C=N–C) groups is 1. The van der Waals surface area contributed by atoms with Gasteiger partial charge in [0.1, 0.15) is 11.6 Å². The Bertz CT molecular complexity index is 959. The van der Waals surface area contributed by atoms with Crippen molar-refractivity contribution in [2.24, 2.45) is 16.0 Å². The molecule has 0 spiro atoms. The van der Waals surface area contributed by atoms with Crippen molar-refractivity contribution in [1.82, 2.24) is 5.43 Å². The number of methoxy groups -OCH3 is 2. The van der Waals surface area contributed by atoms with Gasteiger partial charge in [-0.2, -0.15) is 5.10 Å². The molecule has 3 rings (SSSR count). The number of benzene rings is 1. The molecular weight excluding hydrogens is 374 g/mol. The number of allylic oxidation sites excluding steroid dienone is 2. The van der Waals surface area contributed by atoms with Gasteiger partial charge < -0.3 is 14.2 Å². The van der Waals surface area contributed by atoms with Gasteiger partial charge in [0.05, 0.1) is 25.5 Å². The molecule has 0 aromatic heterocycles. The summed E-state index contributed by atoms with van der Waals surface area (Å²) in [6, 6.07) is 3.77. The van der Waals surface area contributed by atoms with Crippen LogP contribution in [0.1, 0.15) is 38.8 Å². The quantitative estimate of drug-likeness (QED) is 0.361. The van der Waals surface area contributed by atoms with Gasteiger partial charge in [0, 0.05) is 11.6 Å². The Morgan fingerprint density at radius 1 is 1.24 bits per heavy atom. The lowest BCUT2D eigenvalue weighted by Gasteiger charge is -2.29. The number of nitrogens with one attached hydrogen (secondary N) is 1. The van der Waals surface area contributed by atoms with Crippen molar-refractivity contribution >= 4 is 23.3 Å². The summed E-state index contributed by atoms with van der Waals surface area (Å²) in [5, 5.41) is 4.27. The number of carbonyl (C=O) groups is 2. The van der Waals surface area contributed by atoms with Crippen molar-refractivity contribution < 1.29 is 23.8 Å². The molecule has 0 fully saturated rings. The highest BCUT2D eigenvalue weighted by atomic mass is 16.5. The highest BCUT2D eigenvalue weighted by Gasteiger charge is 2.34. The number of fused-ring (bicyclic) bond motifs is 1. The summed E-state index contributed by atoms with van der Waals surface area (Å²) < 4.78 is 15.9. The van der Waals surface area contributed by atoms with Crippen LogP contribution in [-0.2, 0) is 20.7 Å². The molecule has 0 aliphatic carbocycles. The Labute approximate surface area is 169 Å². The van der Waals surface area contributed by atoms with Crippen LogP contribution in [0.2, 0.25) is 0 Å². The summed E-state index contributed by atoms with van der Waals surface area (Å²) in [5.41, 5.74) is 4.73. The molecular formula is C21H25N3O5. The highest BCUT2D eigenvalue weighted by molar-refractivity contribution is 6.23. The second-order valence-corrected chi connectivity index (χ2v) is 7.69. The normalized spacial score (nSPS) is 20.9. The molecule has 1 atom stereocenters. The second-order valence-electron chi connectivity index (χ2n) is 7.69. The van der Waals surface area contributed by atoms with E-state index in [1.807, 2.05) is 26.0 Å². The Morgan fingerprint density at radius 3 is 2.52 bits per heavy atom. The Hall–Kier alpha value is -3.16. The van der Waals surface area contributed by atoms with Gasteiger partial charge in [-0.25, -0.2) is 0 Å². The van der Waals surface area contributed by atoms with Crippen molar-refractivity contribution in [2.45, 2.75) is 39.7 Å². The number of hydrogen-bond acceptors (Lipinski definition) is 8. The van der Waals surface area contributed by atoms with E-state index in [1.165, 1.54) is 6.08 Å². The first-order chi connectivity index (χ1) is 13.6. The smallest absolute Gasteiger partial charge is 0.327 e. The van der Waals surface area contributed by atoms with Crippen molar-refractivity contribution in [1.29, 1.82) is 0 Å². The van der Waals surface area contributed by atoms with E-state index >= 15 is 0 Å². The van der Waals surface area contributed by atoms with Crippen LogP contribution < -0.4 is 14.9 Å². The molecule has 8 heteroatoms. The number of cyclic esters (lactones) is 1. The van der Waals surface area contributed by atoms with Crippen molar-refractivity contribution in [3.63, 3.8) is 0 Å². The van der Waals surface area contributed by atoms with Crippen LogP contribution in [0.4, 0.5) is 0 Å². The number of hydrazone groups is 1. The summed E-state index contributed by atoms with van der Waals surface area (Å²) in [7, 11) is 3.16. The molecule has 0 amide bonds. The SMILES string of the molecule is COc1cc2c(cc1OC)C(N/N=C(/C)[C@H]1C(=O)C=C(C)OC1=O)=NC(C)(C)C2. The summed E-state index contributed by atoms with van der Waals surface area (Å²) >= 11 is 0. The molecule has 29 heavy (non-hydrogen) atoms. The number of esters is 1. The van der Waals surface area contributed by atoms with E-state index in [1.54, 1.807) is 28.1 Å². The zero-order chi connectivity index (χ0) is 21.3. The van der Waals surface area contributed by atoms with Crippen LogP contribution in [0, 0.1) is 5.92 Å². The standard InChI is InChI=1S/C21H25N3O5/c1-11-7-15(25)18(20(26)29-11)12(2)23-24-19-14-9-17(28-6)16(27-5)8-13(14)10-21(3,4)22-19/h7-9,18H,10H2,1-6H3,(H,22,24)/b23-12-/t18-/m0/s1. The third-order valence-electron chi connectivity index (χ3n) is 4.79. The average Bonchev–Trinajstić information content (AvgIpc) is 2.63. The molecule has 0 radical (unpaired) electrons. The fourth-order valence-corrected chi connectivity index (χ4v) is 3.47. The second kappa shape index (κ2) is 7.69. The predicted octanol–water partition coefficient (Wildman–Crippen LogP) is 2.40. The van der Waals surface area contributed by atoms with E-state index in [-0.39, 0.29) is 17.1 Å². The summed E-state index contributed by atoms with van der Waals surface area (Å²) in [5.74, 6) is -0.0117. The number of hydrogen-bond donors (Lipinski definition) is 1. The molecule has 0 bridgehead atoms. The Morgan fingerprint density at radius 2 is 1.90 bits per heavy atom. The molecule has 0 unspecified atom stereocenters. The van der Waals surface area contributed by atoms with Crippen LogP contribution in [0.25, 0.3) is 0 Å². The maximum absolute atomic E-state index is 12.2. The van der Waals surface area contributed by atoms with E-state index in [9.17, 15) is 9.59 Å². The maximum Gasteiger partial charge on any atom is 0.327 e. The minimum atomic E-state index is -1.06.